The van der Waals surface area contributed by atoms with E-state index in [9.17, 15) is 9.18 Å². The van der Waals surface area contributed by atoms with E-state index in [4.69, 9.17) is 4.84 Å². The van der Waals surface area contributed by atoms with Gasteiger partial charge < -0.3 is 10.2 Å². The van der Waals surface area contributed by atoms with Crippen molar-refractivity contribution in [3.63, 3.8) is 0 Å². The maximum absolute atomic E-state index is 13.0. The van der Waals surface area contributed by atoms with Gasteiger partial charge in [0.15, 0.2) is 0 Å². The van der Waals surface area contributed by atoms with Crippen LogP contribution in [0.1, 0.15) is 37.3 Å². The number of carbonyl (C=O) groups is 1. The van der Waals surface area contributed by atoms with Crippen LogP contribution in [-0.2, 0) is 9.63 Å². The van der Waals surface area contributed by atoms with E-state index < -0.39 is 6.10 Å². The third-order valence-electron chi connectivity index (χ3n) is 3.98. The number of hydrogen-bond donors (Lipinski definition) is 1. The van der Waals surface area contributed by atoms with Gasteiger partial charge in [-0.2, -0.15) is 0 Å². The van der Waals surface area contributed by atoms with Crippen LogP contribution in [0.15, 0.2) is 53.7 Å². The monoisotopic (exact) mass is 326 g/mol. The molecule has 124 valence electrons. The number of carbonyl (C=O) groups excluding carboxylic acids is 1. The van der Waals surface area contributed by atoms with Gasteiger partial charge in [0.05, 0.1) is 5.71 Å². The maximum atomic E-state index is 13.0. The summed E-state index contributed by atoms with van der Waals surface area (Å²) in [7, 11) is 0. The smallest absolute Gasteiger partial charge is 0.268 e. The molecule has 1 aliphatic heterocycles. The molecule has 0 saturated carbocycles. The largest absolute Gasteiger partial charge is 0.382 e. The van der Waals surface area contributed by atoms with Crippen LogP contribution in [0, 0.1) is 5.82 Å². The third-order valence-corrected chi connectivity index (χ3v) is 3.98. The van der Waals surface area contributed by atoms with Gasteiger partial charge >= 0.3 is 0 Å². The number of amides is 1. The van der Waals surface area contributed by atoms with E-state index >= 15 is 0 Å². The normalized spacial score (nSPS) is 16.7. The Morgan fingerprint density at radius 3 is 2.46 bits per heavy atom. The minimum absolute atomic E-state index is 0.242. The summed E-state index contributed by atoms with van der Waals surface area (Å²) >= 11 is 0. The molecular formula is C19H19FN2O2. The molecule has 1 atom stereocenters. The van der Waals surface area contributed by atoms with Crippen LogP contribution < -0.4 is 5.32 Å². The predicted molar refractivity (Wildman–Crippen MR) is 91.6 cm³/mol. The van der Waals surface area contributed by atoms with Gasteiger partial charge in [0.1, 0.15) is 5.82 Å². The van der Waals surface area contributed by atoms with Crippen molar-refractivity contribution in [2.24, 2.45) is 5.16 Å². The Labute approximate surface area is 140 Å². The van der Waals surface area contributed by atoms with Crippen LogP contribution in [0.2, 0.25) is 0 Å². The van der Waals surface area contributed by atoms with Crippen molar-refractivity contribution in [3.05, 3.63) is 65.5 Å². The lowest BCUT2D eigenvalue weighted by Gasteiger charge is -2.11. The maximum Gasteiger partial charge on any atom is 0.268 e. The fraction of sp³-hybridized carbons (Fsp3) is 0.263. The lowest BCUT2D eigenvalue weighted by Crippen LogP contribution is -2.28. The second kappa shape index (κ2) is 6.83. The van der Waals surface area contributed by atoms with Gasteiger partial charge in [-0.05, 0) is 41.3 Å². The van der Waals surface area contributed by atoms with Crippen LogP contribution in [0.5, 0.6) is 0 Å². The van der Waals surface area contributed by atoms with Crippen molar-refractivity contribution < 1.29 is 14.0 Å². The quantitative estimate of drug-likeness (QED) is 0.920. The molecule has 4 nitrogen and oxygen atoms in total. The lowest BCUT2D eigenvalue weighted by atomic mass is 10.0. The Bertz CT molecular complexity index is 752. The highest BCUT2D eigenvalue weighted by atomic mass is 19.1. The first-order valence-corrected chi connectivity index (χ1v) is 7.92. The summed E-state index contributed by atoms with van der Waals surface area (Å²) in [5.41, 5.74) is 3.34. The molecule has 0 aliphatic carbocycles. The second-order valence-corrected chi connectivity index (χ2v) is 6.11. The molecule has 0 saturated heterocycles. The topological polar surface area (TPSA) is 50.7 Å². The Kier molecular flexibility index (Phi) is 4.60. The molecular weight excluding hydrogens is 307 g/mol. The molecule has 0 aromatic heterocycles. The number of benzene rings is 2. The first-order chi connectivity index (χ1) is 11.5. The molecule has 1 heterocycles. The fourth-order valence-corrected chi connectivity index (χ4v) is 2.50. The van der Waals surface area contributed by atoms with Gasteiger partial charge in [0.2, 0.25) is 6.10 Å². The number of nitrogens with one attached hydrogen (secondary N) is 1. The zero-order valence-electron chi connectivity index (χ0n) is 13.6. The SMILES string of the molecule is CC(C)c1ccc(NC(=O)C2CC(c3ccc(F)cc3)=NO2)cc1. The number of nitrogens with zero attached hydrogens (tertiary/aromatic N) is 1. The van der Waals surface area contributed by atoms with Crippen LogP contribution >= 0.6 is 0 Å². The third kappa shape index (κ3) is 3.62. The average molecular weight is 326 g/mol. The number of hydrogen-bond acceptors (Lipinski definition) is 3. The number of halogens is 1. The zero-order valence-corrected chi connectivity index (χ0v) is 13.6. The van der Waals surface area contributed by atoms with E-state index in [1.54, 1.807) is 12.1 Å². The van der Waals surface area contributed by atoms with Crippen molar-refractivity contribution in [1.82, 2.24) is 0 Å². The molecule has 0 bridgehead atoms. The molecule has 3 rings (SSSR count). The first-order valence-electron chi connectivity index (χ1n) is 7.92. The van der Waals surface area contributed by atoms with E-state index in [1.807, 2.05) is 24.3 Å². The van der Waals surface area contributed by atoms with Crippen LogP contribution in [0.25, 0.3) is 0 Å². The average Bonchev–Trinajstić information content (AvgIpc) is 3.06. The second-order valence-electron chi connectivity index (χ2n) is 6.11. The van der Waals surface area contributed by atoms with Gasteiger partial charge in [-0.15, -0.1) is 0 Å². The summed E-state index contributed by atoms with van der Waals surface area (Å²) in [5.74, 6) is -0.106. The van der Waals surface area contributed by atoms with Crippen molar-refractivity contribution in [2.45, 2.75) is 32.3 Å². The van der Waals surface area contributed by atoms with Gasteiger partial charge in [0.25, 0.3) is 5.91 Å². The Balaban J connectivity index is 1.60. The summed E-state index contributed by atoms with van der Waals surface area (Å²) < 4.78 is 13.0. The summed E-state index contributed by atoms with van der Waals surface area (Å²) in [6.45, 7) is 4.24. The molecule has 1 N–H and O–H groups in total. The fourth-order valence-electron chi connectivity index (χ4n) is 2.50. The first kappa shape index (κ1) is 16.2. The number of rotatable bonds is 4. The zero-order chi connectivity index (χ0) is 17.1. The summed E-state index contributed by atoms with van der Waals surface area (Å²) in [4.78, 5) is 17.5. The van der Waals surface area contributed by atoms with Crippen molar-refractivity contribution in [3.8, 4) is 0 Å². The Hall–Kier alpha value is -2.69. The minimum Gasteiger partial charge on any atom is -0.382 e. The summed E-state index contributed by atoms with van der Waals surface area (Å²) in [6.07, 6.45) is -0.309. The van der Waals surface area contributed by atoms with Crippen molar-refractivity contribution in [2.75, 3.05) is 5.32 Å². The molecule has 1 unspecified atom stereocenters. The van der Waals surface area contributed by atoms with Crippen molar-refractivity contribution >= 4 is 17.3 Å². The highest BCUT2D eigenvalue weighted by Crippen LogP contribution is 2.20. The Morgan fingerprint density at radius 1 is 1.17 bits per heavy atom. The molecule has 2 aromatic carbocycles. The number of oxime groups is 1. The van der Waals surface area contributed by atoms with E-state index in [1.165, 1.54) is 17.7 Å². The van der Waals surface area contributed by atoms with Gasteiger partial charge in [0, 0.05) is 12.1 Å². The lowest BCUT2D eigenvalue weighted by molar-refractivity contribution is -0.125. The van der Waals surface area contributed by atoms with Crippen LogP contribution in [0.3, 0.4) is 0 Å². The Morgan fingerprint density at radius 2 is 1.83 bits per heavy atom. The highest BCUT2D eigenvalue weighted by Gasteiger charge is 2.28. The molecule has 1 amide bonds. The van der Waals surface area contributed by atoms with Gasteiger partial charge in [-0.25, -0.2) is 4.39 Å². The molecule has 0 spiro atoms. The number of anilines is 1. The van der Waals surface area contributed by atoms with Crippen LogP contribution in [-0.4, -0.2) is 17.7 Å². The molecule has 24 heavy (non-hydrogen) atoms. The molecule has 0 radical (unpaired) electrons. The molecule has 2 aromatic rings. The predicted octanol–water partition coefficient (Wildman–Crippen LogP) is 4.08. The van der Waals surface area contributed by atoms with Crippen molar-refractivity contribution in [1.29, 1.82) is 0 Å². The van der Waals surface area contributed by atoms with Crippen LogP contribution in [0.4, 0.5) is 10.1 Å². The summed E-state index contributed by atoms with van der Waals surface area (Å²) in [5, 5.41) is 6.78. The van der Waals surface area contributed by atoms with E-state index in [-0.39, 0.29) is 11.7 Å². The van der Waals surface area contributed by atoms with Gasteiger partial charge in [-0.3, -0.25) is 4.79 Å². The van der Waals surface area contributed by atoms with E-state index in [0.29, 0.717) is 18.1 Å². The minimum atomic E-state index is -0.671. The standard InChI is InChI=1S/C19H19FN2O2/c1-12(2)13-5-9-16(10-6-13)21-19(23)18-11-17(22-24-18)14-3-7-15(20)8-4-14/h3-10,12,18H,11H2,1-2H3,(H,21,23). The molecule has 0 fully saturated rings. The summed E-state index contributed by atoms with van der Waals surface area (Å²) in [6, 6.07) is 13.7. The molecule has 5 heteroatoms. The highest BCUT2D eigenvalue weighted by molar-refractivity contribution is 6.06. The van der Waals surface area contributed by atoms with Gasteiger partial charge in [-0.1, -0.05) is 43.3 Å². The molecule has 1 aliphatic rings. The van der Waals surface area contributed by atoms with E-state index in [0.717, 1.165) is 11.3 Å². The van der Waals surface area contributed by atoms with E-state index in [2.05, 4.69) is 24.3 Å².